The van der Waals surface area contributed by atoms with Gasteiger partial charge in [-0.1, -0.05) is 11.8 Å². The van der Waals surface area contributed by atoms with Crippen molar-refractivity contribution in [3.05, 3.63) is 29.8 Å². The molecule has 1 aromatic carbocycles. The molecule has 1 atom stereocenters. The topological polar surface area (TPSA) is 138 Å². The van der Waals surface area contributed by atoms with Crippen molar-refractivity contribution in [2.45, 2.75) is 11.7 Å². The number of amides is 1. The first-order chi connectivity index (χ1) is 11.4. The molecule has 24 heavy (non-hydrogen) atoms. The van der Waals surface area contributed by atoms with E-state index in [9.17, 15) is 14.4 Å². The number of benzene rings is 1. The highest BCUT2D eigenvalue weighted by Crippen LogP contribution is 2.22. The molecule has 1 heterocycles. The Hall–Kier alpha value is -2.88. The zero-order chi connectivity index (χ0) is 17.5. The van der Waals surface area contributed by atoms with Gasteiger partial charge in [0.2, 0.25) is 5.91 Å². The van der Waals surface area contributed by atoms with Crippen LogP contribution in [0.2, 0.25) is 0 Å². The second-order valence-electron chi connectivity index (χ2n) is 4.59. The summed E-state index contributed by atoms with van der Waals surface area (Å²) in [6, 6.07) is 6.50. The van der Waals surface area contributed by atoms with E-state index in [2.05, 4.69) is 15.5 Å². The van der Waals surface area contributed by atoms with Gasteiger partial charge < -0.3 is 20.3 Å². The molecule has 1 aromatic rings. The third-order valence-corrected chi connectivity index (χ3v) is 3.81. The number of thioether (sulfide) groups is 1. The van der Waals surface area contributed by atoms with Gasteiger partial charge in [0.25, 0.3) is 0 Å². The maximum Gasteiger partial charge on any atom is 0.341 e. The summed E-state index contributed by atoms with van der Waals surface area (Å²) in [6.45, 7) is -0.421. The Morgan fingerprint density at radius 3 is 2.58 bits per heavy atom. The fourth-order valence-corrected chi connectivity index (χ4v) is 2.60. The van der Waals surface area contributed by atoms with E-state index in [0.717, 1.165) is 11.8 Å². The number of carboxylic acid groups (broad SMARTS) is 2. The minimum atomic E-state index is -1.06. The number of aliphatic carboxylic acids is 2. The van der Waals surface area contributed by atoms with Crippen LogP contribution in [0.1, 0.15) is 12.0 Å². The van der Waals surface area contributed by atoms with Crippen molar-refractivity contribution in [1.82, 2.24) is 5.32 Å². The van der Waals surface area contributed by atoms with E-state index in [4.69, 9.17) is 14.9 Å². The third-order valence-electron chi connectivity index (χ3n) is 2.73. The quantitative estimate of drug-likeness (QED) is 0.481. The number of rotatable bonds is 7. The smallest absolute Gasteiger partial charge is 0.341 e. The molecular weight excluding hydrogens is 338 g/mol. The van der Waals surface area contributed by atoms with E-state index in [-0.39, 0.29) is 11.6 Å². The van der Waals surface area contributed by atoms with Gasteiger partial charge in [-0.3, -0.25) is 9.59 Å². The Kier molecular flexibility index (Phi) is 5.90. The summed E-state index contributed by atoms with van der Waals surface area (Å²) in [7, 11) is 0. The monoisotopic (exact) mass is 351 g/mol. The molecule has 0 aromatic heterocycles. The molecule has 1 saturated heterocycles. The Labute approximate surface area is 140 Å². The van der Waals surface area contributed by atoms with Crippen LogP contribution in [0.15, 0.2) is 34.5 Å². The molecule has 9 nitrogen and oxygen atoms in total. The average molecular weight is 351 g/mol. The zero-order valence-corrected chi connectivity index (χ0v) is 13.0. The number of ether oxygens (including phenoxy) is 1. The number of carboxylic acids is 2. The van der Waals surface area contributed by atoms with Crippen molar-refractivity contribution in [3.8, 4) is 5.75 Å². The molecule has 126 valence electrons. The summed E-state index contributed by atoms with van der Waals surface area (Å²) in [4.78, 5) is 32.5. The van der Waals surface area contributed by atoms with Crippen molar-refractivity contribution in [1.29, 1.82) is 0 Å². The first-order valence-electron chi connectivity index (χ1n) is 6.69. The lowest BCUT2D eigenvalue weighted by atomic mass is 10.2. The summed E-state index contributed by atoms with van der Waals surface area (Å²) >= 11 is 1.01. The zero-order valence-electron chi connectivity index (χ0n) is 12.2. The fourth-order valence-electron chi connectivity index (χ4n) is 1.69. The molecule has 1 aliphatic rings. The van der Waals surface area contributed by atoms with Crippen LogP contribution in [0, 0.1) is 0 Å². The molecule has 0 aliphatic carbocycles. The molecule has 0 bridgehead atoms. The molecule has 10 heteroatoms. The molecule has 0 spiro atoms. The largest absolute Gasteiger partial charge is 0.482 e. The predicted octanol–water partition coefficient (Wildman–Crippen LogP) is 0.546. The van der Waals surface area contributed by atoms with Gasteiger partial charge in [0.15, 0.2) is 11.8 Å². The van der Waals surface area contributed by atoms with Gasteiger partial charge in [-0.05, 0) is 29.8 Å². The number of carbonyl (C=O) groups is 3. The van der Waals surface area contributed by atoms with Crippen molar-refractivity contribution in [2.75, 3.05) is 6.61 Å². The van der Waals surface area contributed by atoms with Crippen molar-refractivity contribution in [3.63, 3.8) is 0 Å². The maximum atomic E-state index is 11.5. The highest BCUT2D eigenvalue weighted by atomic mass is 32.2. The Morgan fingerprint density at radius 1 is 1.25 bits per heavy atom. The maximum absolute atomic E-state index is 11.5. The van der Waals surface area contributed by atoms with E-state index in [1.54, 1.807) is 24.3 Å². The van der Waals surface area contributed by atoms with Gasteiger partial charge in [-0.2, -0.15) is 5.10 Å². The molecule has 1 aliphatic heterocycles. The lowest BCUT2D eigenvalue weighted by molar-refractivity contribution is -0.139. The van der Waals surface area contributed by atoms with Crippen LogP contribution < -0.4 is 10.1 Å². The minimum Gasteiger partial charge on any atom is -0.482 e. The third kappa shape index (κ3) is 5.39. The van der Waals surface area contributed by atoms with Crippen LogP contribution in [-0.2, 0) is 14.4 Å². The van der Waals surface area contributed by atoms with Crippen LogP contribution in [0.4, 0.5) is 0 Å². The molecule has 0 saturated carbocycles. The number of nitrogens with one attached hydrogen (secondary N) is 1. The molecular formula is C14H13N3O6S. The summed E-state index contributed by atoms with van der Waals surface area (Å²) in [5.74, 6) is -2.11. The Morgan fingerprint density at radius 2 is 1.96 bits per heavy atom. The van der Waals surface area contributed by atoms with Gasteiger partial charge >= 0.3 is 11.9 Å². The van der Waals surface area contributed by atoms with Crippen LogP contribution in [-0.4, -0.2) is 51.3 Å². The van der Waals surface area contributed by atoms with Crippen molar-refractivity contribution in [2.24, 2.45) is 10.2 Å². The van der Waals surface area contributed by atoms with E-state index in [1.807, 2.05) is 0 Å². The Balaban J connectivity index is 1.90. The SMILES string of the molecule is O=C(O)COc1ccc(C=N/N=C2\NC(=O)C(CC(=O)O)S2)cc1. The lowest BCUT2D eigenvalue weighted by Crippen LogP contribution is -2.26. The van der Waals surface area contributed by atoms with Gasteiger partial charge in [0, 0.05) is 0 Å². The lowest BCUT2D eigenvalue weighted by Gasteiger charge is -2.02. The van der Waals surface area contributed by atoms with Gasteiger partial charge in [0.1, 0.15) is 11.0 Å². The highest BCUT2D eigenvalue weighted by Gasteiger charge is 2.32. The molecule has 1 amide bonds. The minimum absolute atomic E-state index is 0.240. The molecule has 2 rings (SSSR count). The van der Waals surface area contributed by atoms with Crippen LogP contribution in [0.3, 0.4) is 0 Å². The number of hydrogen-bond donors (Lipinski definition) is 3. The Bertz CT molecular complexity index is 701. The number of carbonyl (C=O) groups excluding carboxylic acids is 1. The first-order valence-corrected chi connectivity index (χ1v) is 7.57. The van der Waals surface area contributed by atoms with Gasteiger partial charge in [-0.15, -0.1) is 5.10 Å². The van der Waals surface area contributed by atoms with E-state index < -0.39 is 29.7 Å². The van der Waals surface area contributed by atoms with E-state index in [1.165, 1.54) is 6.21 Å². The van der Waals surface area contributed by atoms with Crippen molar-refractivity contribution >= 4 is 41.0 Å². The second-order valence-corrected chi connectivity index (χ2v) is 5.79. The van der Waals surface area contributed by atoms with Crippen LogP contribution >= 0.6 is 11.8 Å². The summed E-state index contributed by atoms with van der Waals surface area (Å²) in [5, 5.41) is 26.8. The van der Waals surface area contributed by atoms with E-state index >= 15 is 0 Å². The summed E-state index contributed by atoms with van der Waals surface area (Å²) < 4.78 is 4.99. The summed E-state index contributed by atoms with van der Waals surface area (Å²) in [6.07, 6.45) is 1.16. The number of hydrogen-bond acceptors (Lipinski definition) is 7. The average Bonchev–Trinajstić information content (AvgIpc) is 2.85. The molecule has 0 radical (unpaired) electrons. The molecule has 1 unspecified atom stereocenters. The number of amidine groups is 1. The van der Waals surface area contributed by atoms with Crippen molar-refractivity contribution < 1.29 is 29.3 Å². The standard InChI is InChI=1S/C14H13N3O6S/c18-11(19)5-10-13(22)16-14(24-10)17-15-6-8-1-3-9(4-2-8)23-7-12(20)21/h1-4,6,10H,5,7H2,(H,18,19)(H,20,21)(H,16,17,22). The predicted molar refractivity (Wildman–Crippen MR) is 86.4 cm³/mol. The highest BCUT2D eigenvalue weighted by molar-refractivity contribution is 8.15. The number of nitrogens with zero attached hydrogens (tertiary/aromatic N) is 2. The van der Waals surface area contributed by atoms with Gasteiger partial charge in [0.05, 0.1) is 12.6 Å². The molecule has 1 fully saturated rings. The summed E-state index contributed by atoms with van der Waals surface area (Å²) in [5.41, 5.74) is 0.693. The first kappa shape index (κ1) is 17.5. The van der Waals surface area contributed by atoms with Crippen LogP contribution in [0.25, 0.3) is 0 Å². The van der Waals surface area contributed by atoms with E-state index in [0.29, 0.717) is 11.3 Å². The fraction of sp³-hybridized carbons (Fsp3) is 0.214. The normalized spacial score (nSPS) is 18.8. The second kappa shape index (κ2) is 8.11. The molecule has 3 N–H and O–H groups in total. The van der Waals surface area contributed by atoms with Gasteiger partial charge in [-0.25, -0.2) is 4.79 Å². The van der Waals surface area contributed by atoms with Crippen LogP contribution in [0.5, 0.6) is 5.75 Å².